The van der Waals surface area contributed by atoms with Gasteiger partial charge in [-0.15, -0.1) is 0 Å². The maximum absolute atomic E-state index is 12.1. The van der Waals surface area contributed by atoms with E-state index in [0.29, 0.717) is 27.0 Å². The third-order valence-electron chi connectivity index (χ3n) is 2.63. The first-order chi connectivity index (χ1) is 10.2. The monoisotopic (exact) mass is 358 g/mol. The summed E-state index contributed by atoms with van der Waals surface area (Å²) in [7, 11) is -3.35. The van der Waals surface area contributed by atoms with Crippen molar-refractivity contribution in [2.24, 2.45) is 0 Å². The van der Waals surface area contributed by atoms with Crippen LogP contribution in [0.3, 0.4) is 0 Å². The van der Waals surface area contributed by atoms with Crippen molar-refractivity contribution in [1.82, 2.24) is 0 Å². The molecule has 1 amide bonds. The number of anilines is 2. The van der Waals surface area contributed by atoms with E-state index >= 15 is 0 Å². The number of carbonyl (C=O) groups is 1. The molecule has 0 aliphatic heterocycles. The van der Waals surface area contributed by atoms with E-state index in [-0.39, 0.29) is 5.91 Å². The molecule has 0 aliphatic rings. The molecule has 0 fully saturated rings. The Kier molecular flexibility index (Phi) is 4.95. The highest BCUT2D eigenvalue weighted by atomic mass is 35.5. The van der Waals surface area contributed by atoms with Crippen LogP contribution >= 0.6 is 23.2 Å². The molecule has 2 N–H and O–H groups in total. The highest BCUT2D eigenvalue weighted by molar-refractivity contribution is 7.92. The van der Waals surface area contributed by atoms with Crippen LogP contribution in [0.15, 0.2) is 42.5 Å². The first-order valence-corrected chi connectivity index (χ1v) is 8.73. The normalized spacial score (nSPS) is 11.0. The molecule has 0 aromatic heterocycles. The summed E-state index contributed by atoms with van der Waals surface area (Å²) in [5.74, 6) is -0.343. The molecular weight excluding hydrogens is 347 g/mol. The van der Waals surface area contributed by atoms with Gasteiger partial charge in [0.25, 0.3) is 5.91 Å². The van der Waals surface area contributed by atoms with Crippen LogP contribution in [0.4, 0.5) is 11.4 Å². The summed E-state index contributed by atoms with van der Waals surface area (Å²) in [4.78, 5) is 12.1. The molecule has 2 aromatic carbocycles. The predicted octanol–water partition coefficient (Wildman–Crippen LogP) is 3.62. The summed E-state index contributed by atoms with van der Waals surface area (Å²) in [6.07, 6.45) is 1.05. The molecule has 5 nitrogen and oxygen atoms in total. The second-order valence-electron chi connectivity index (χ2n) is 4.53. The third-order valence-corrected chi connectivity index (χ3v) is 3.97. The second-order valence-corrected chi connectivity index (χ2v) is 7.10. The number of rotatable bonds is 4. The molecule has 2 rings (SSSR count). The Morgan fingerprint density at radius 2 is 1.55 bits per heavy atom. The van der Waals surface area contributed by atoms with Crippen molar-refractivity contribution in [3.63, 3.8) is 0 Å². The Labute approximate surface area is 138 Å². The molecule has 0 atom stereocenters. The first-order valence-electron chi connectivity index (χ1n) is 6.09. The van der Waals surface area contributed by atoms with Crippen molar-refractivity contribution in [3.05, 3.63) is 58.1 Å². The van der Waals surface area contributed by atoms with Crippen molar-refractivity contribution < 1.29 is 13.2 Å². The van der Waals surface area contributed by atoms with Crippen LogP contribution in [-0.4, -0.2) is 20.6 Å². The molecule has 116 valence electrons. The van der Waals surface area contributed by atoms with Gasteiger partial charge in [-0.05, 0) is 42.5 Å². The quantitative estimate of drug-likeness (QED) is 0.876. The van der Waals surface area contributed by atoms with Crippen molar-refractivity contribution in [3.8, 4) is 0 Å². The number of hydrogen-bond acceptors (Lipinski definition) is 3. The molecule has 22 heavy (non-hydrogen) atoms. The molecule has 0 bridgehead atoms. The number of sulfonamides is 1. The highest BCUT2D eigenvalue weighted by Gasteiger charge is 2.08. The molecule has 8 heteroatoms. The lowest BCUT2D eigenvalue weighted by molar-refractivity contribution is 0.102. The highest BCUT2D eigenvalue weighted by Crippen LogP contribution is 2.25. The van der Waals surface area contributed by atoms with E-state index in [4.69, 9.17) is 23.2 Å². The standard InChI is InChI=1S/C14H12Cl2N2O3S/c1-22(20,21)18-10-4-2-9(3-5-10)14(19)17-11-6-7-12(15)13(16)8-11/h2-8,18H,1H3,(H,17,19). The smallest absolute Gasteiger partial charge is 0.255 e. The van der Waals surface area contributed by atoms with Gasteiger partial charge in [-0.2, -0.15) is 0 Å². The summed E-state index contributed by atoms with van der Waals surface area (Å²) in [5.41, 5.74) is 1.27. The van der Waals surface area contributed by atoms with Crippen LogP contribution in [-0.2, 0) is 10.0 Å². The zero-order valence-corrected chi connectivity index (χ0v) is 13.8. The van der Waals surface area contributed by atoms with E-state index in [1.165, 1.54) is 24.3 Å². The van der Waals surface area contributed by atoms with Crippen molar-refractivity contribution in [2.75, 3.05) is 16.3 Å². The summed E-state index contributed by atoms with van der Waals surface area (Å²) in [5, 5.41) is 3.41. The van der Waals surface area contributed by atoms with Gasteiger partial charge in [0.2, 0.25) is 10.0 Å². The van der Waals surface area contributed by atoms with Gasteiger partial charge in [0.15, 0.2) is 0 Å². The maximum atomic E-state index is 12.1. The average Bonchev–Trinajstić information content (AvgIpc) is 2.42. The van der Waals surface area contributed by atoms with Gasteiger partial charge in [-0.3, -0.25) is 9.52 Å². The maximum Gasteiger partial charge on any atom is 0.255 e. The largest absolute Gasteiger partial charge is 0.322 e. The lowest BCUT2D eigenvalue weighted by atomic mass is 10.2. The summed E-state index contributed by atoms with van der Waals surface area (Å²) >= 11 is 11.7. The molecule has 0 saturated carbocycles. The van der Waals surface area contributed by atoms with Gasteiger partial charge < -0.3 is 5.32 Å². The lowest BCUT2D eigenvalue weighted by Crippen LogP contribution is -2.13. The number of amides is 1. The second kappa shape index (κ2) is 6.56. The Balaban J connectivity index is 2.11. The summed E-state index contributed by atoms with van der Waals surface area (Å²) in [6, 6.07) is 10.8. The summed E-state index contributed by atoms with van der Waals surface area (Å²) < 4.78 is 24.5. The minimum absolute atomic E-state index is 0.340. The Morgan fingerprint density at radius 1 is 0.955 bits per heavy atom. The van der Waals surface area contributed by atoms with Crippen LogP contribution in [0.25, 0.3) is 0 Å². The Hall–Kier alpha value is -1.76. The zero-order chi connectivity index (χ0) is 16.3. The predicted molar refractivity (Wildman–Crippen MR) is 89.3 cm³/mol. The van der Waals surface area contributed by atoms with E-state index in [1.54, 1.807) is 18.2 Å². The van der Waals surface area contributed by atoms with Gasteiger partial charge in [0.1, 0.15) is 0 Å². The molecule has 0 heterocycles. The van der Waals surface area contributed by atoms with E-state index < -0.39 is 10.0 Å². The van der Waals surface area contributed by atoms with E-state index in [2.05, 4.69) is 10.0 Å². The number of carbonyl (C=O) groups excluding carboxylic acids is 1. The number of halogens is 2. The zero-order valence-electron chi connectivity index (χ0n) is 11.4. The van der Waals surface area contributed by atoms with Gasteiger partial charge >= 0.3 is 0 Å². The first kappa shape index (κ1) is 16.6. The SMILES string of the molecule is CS(=O)(=O)Nc1ccc(C(=O)Nc2ccc(Cl)c(Cl)c2)cc1. The summed E-state index contributed by atoms with van der Waals surface area (Å²) in [6.45, 7) is 0. The van der Waals surface area contributed by atoms with Crippen LogP contribution in [0.5, 0.6) is 0 Å². The fraction of sp³-hybridized carbons (Fsp3) is 0.0714. The van der Waals surface area contributed by atoms with Crippen molar-refractivity contribution in [2.45, 2.75) is 0 Å². The van der Waals surface area contributed by atoms with Crippen LogP contribution in [0, 0.1) is 0 Å². The average molecular weight is 359 g/mol. The van der Waals surface area contributed by atoms with Crippen molar-refractivity contribution >= 4 is 50.5 Å². The molecule has 0 aliphatic carbocycles. The molecular formula is C14H12Cl2N2O3S. The lowest BCUT2D eigenvalue weighted by Gasteiger charge is -2.08. The van der Waals surface area contributed by atoms with Crippen LogP contribution in [0.1, 0.15) is 10.4 Å². The molecule has 0 unspecified atom stereocenters. The van der Waals surface area contributed by atoms with Gasteiger partial charge in [0, 0.05) is 16.9 Å². The number of benzene rings is 2. The van der Waals surface area contributed by atoms with Crippen LogP contribution < -0.4 is 10.0 Å². The van der Waals surface area contributed by atoms with E-state index in [9.17, 15) is 13.2 Å². The minimum Gasteiger partial charge on any atom is -0.322 e. The fourth-order valence-corrected chi connectivity index (χ4v) is 2.54. The van der Waals surface area contributed by atoms with Crippen molar-refractivity contribution in [1.29, 1.82) is 0 Å². The number of hydrogen-bond donors (Lipinski definition) is 2. The Bertz CT molecular complexity index is 805. The minimum atomic E-state index is -3.35. The van der Waals surface area contributed by atoms with E-state index in [0.717, 1.165) is 6.26 Å². The Morgan fingerprint density at radius 3 is 2.09 bits per heavy atom. The number of nitrogens with one attached hydrogen (secondary N) is 2. The molecule has 2 aromatic rings. The van der Waals surface area contributed by atoms with Gasteiger partial charge in [-0.25, -0.2) is 8.42 Å². The molecule has 0 radical (unpaired) electrons. The third kappa shape index (κ3) is 4.62. The van der Waals surface area contributed by atoms with Crippen LogP contribution in [0.2, 0.25) is 10.0 Å². The van der Waals surface area contributed by atoms with Gasteiger partial charge in [0.05, 0.1) is 16.3 Å². The fourth-order valence-electron chi connectivity index (χ4n) is 1.68. The van der Waals surface area contributed by atoms with E-state index in [1.807, 2.05) is 0 Å². The van der Waals surface area contributed by atoms with Gasteiger partial charge in [-0.1, -0.05) is 23.2 Å². The molecule has 0 spiro atoms. The molecule has 0 saturated heterocycles. The topological polar surface area (TPSA) is 75.3 Å².